The minimum Gasteiger partial charge on any atom is -0.394 e. The number of aliphatic hydroxyl groups excluding tert-OH is 6. The van der Waals surface area contributed by atoms with Crippen molar-refractivity contribution in [2.75, 3.05) is 75.9 Å². The highest BCUT2D eigenvalue weighted by atomic mass is 32.2. The first-order valence-corrected chi connectivity index (χ1v) is 27.5. The van der Waals surface area contributed by atoms with Gasteiger partial charge in [-0.25, -0.2) is 0 Å². The lowest BCUT2D eigenvalue weighted by atomic mass is 9.83. The highest BCUT2D eigenvalue weighted by molar-refractivity contribution is 8.00. The predicted molar refractivity (Wildman–Crippen MR) is 276 cm³/mol. The summed E-state index contributed by atoms with van der Waals surface area (Å²) in [6.45, 7) is 18.4. The lowest BCUT2D eigenvalue weighted by Gasteiger charge is -2.38. The van der Waals surface area contributed by atoms with Crippen LogP contribution in [-0.2, 0) is 50.2 Å². The Morgan fingerprint density at radius 2 is 1.13 bits per heavy atom. The molecule has 0 saturated heterocycles. The second-order valence-corrected chi connectivity index (χ2v) is 25.2. The van der Waals surface area contributed by atoms with Gasteiger partial charge < -0.3 is 56.1 Å². The van der Waals surface area contributed by atoms with E-state index in [1.54, 1.807) is 44.6 Å². The normalized spacial score (nSPS) is 14.5. The molecule has 0 spiro atoms. The van der Waals surface area contributed by atoms with E-state index in [1.807, 2.05) is 60.9 Å². The van der Waals surface area contributed by atoms with Gasteiger partial charge >= 0.3 is 0 Å². The van der Waals surface area contributed by atoms with Gasteiger partial charge in [-0.15, -0.1) is 10.2 Å². The monoisotopic (exact) mass is 1050 g/mol. The summed E-state index contributed by atoms with van der Waals surface area (Å²) in [6, 6.07) is 0. The van der Waals surface area contributed by atoms with Gasteiger partial charge in [0.2, 0.25) is 17.7 Å². The number of thioether (sulfide) groups is 3. The van der Waals surface area contributed by atoms with E-state index < -0.39 is 66.9 Å². The van der Waals surface area contributed by atoms with Crippen molar-refractivity contribution in [2.24, 2.45) is 23.7 Å². The van der Waals surface area contributed by atoms with Gasteiger partial charge in [-0.05, 0) is 75.5 Å². The third kappa shape index (κ3) is 21.9. The second kappa shape index (κ2) is 31.2. The minimum absolute atomic E-state index is 0.00137. The molecule has 0 saturated carbocycles. The Balaban J connectivity index is 1.93. The molecule has 2 aromatic heterocycles. The molecule has 0 aliphatic heterocycles. The molecule has 3 atom stereocenters. The summed E-state index contributed by atoms with van der Waals surface area (Å²) in [6.07, 6.45) is 7.18. The Hall–Kier alpha value is -2.58. The number of carbonyl (C=O) groups is 3. The summed E-state index contributed by atoms with van der Waals surface area (Å²) in [7, 11) is 0. The zero-order chi connectivity index (χ0) is 52.6. The largest absolute Gasteiger partial charge is 0.394 e. The number of aryl methyl sites for hydroxylation is 2. The van der Waals surface area contributed by atoms with E-state index in [9.17, 15) is 45.0 Å². The third-order valence-corrected chi connectivity index (χ3v) is 16.1. The first-order valence-electron chi connectivity index (χ1n) is 24.4. The van der Waals surface area contributed by atoms with Gasteiger partial charge in [0, 0.05) is 40.7 Å². The molecule has 0 fully saturated rings. The number of aromatic nitrogens is 6. The summed E-state index contributed by atoms with van der Waals surface area (Å²) >= 11 is 5.13. The third-order valence-electron chi connectivity index (χ3n) is 12.0. The number of nitrogens with zero attached hydrogens (tertiary/aromatic N) is 6. The average molecular weight is 1050 g/mol. The Morgan fingerprint density at radius 1 is 0.657 bits per heavy atom. The van der Waals surface area contributed by atoms with Crippen molar-refractivity contribution in [2.45, 2.75) is 154 Å². The fraction of sp³-hybridized carbons (Fsp3) is 0.851. The van der Waals surface area contributed by atoms with Gasteiger partial charge in [0.15, 0.2) is 0 Å². The van der Waals surface area contributed by atoms with E-state index in [0.29, 0.717) is 43.1 Å². The van der Waals surface area contributed by atoms with E-state index in [-0.39, 0.29) is 66.6 Å². The van der Waals surface area contributed by atoms with Crippen LogP contribution in [0.3, 0.4) is 0 Å². The van der Waals surface area contributed by atoms with Crippen molar-refractivity contribution >= 4 is 53.0 Å². The van der Waals surface area contributed by atoms with Crippen molar-refractivity contribution in [1.29, 1.82) is 0 Å². The quantitative estimate of drug-likeness (QED) is 0.0435. The Labute approximate surface area is 428 Å². The number of hydrogen-bond donors (Lipinski definition) is 9. The molecule has 9 N–H and O–H groups in total. The molecule has 2 heterocycles. The molecule has 70 heavy (non-hydrogen) atoms. The standard InChI is InChI=1S/C47H87N9O11S3/c1-11-17-68-20-14-39(63)48-45(10,33-67-25-37-23-56(54-52-37)16-13-19-70-44(8,9)40(35(4)5)42(65)50-47(29-60,30-61)31-62)32-66-24-36-22-55(53-51-36)15-12-18-69-43(6,7)21-38(34(2)3)41(64)49-46(26-57,27-58)28-59/h22-23,34-35,38,40,57-62H,11-21,24-33H2,1-10H3,(H,48,63)(H,49,64)(H,50,65). The van der Waals surface area contributed by atoms with Crippen LogP contribution in [0.1, 0.15) is 113 Å². The first-order chi connectivity index (χ1) is 33.0. The fourth-order valence-corrected chi connectivity index (χ4v) is 11.1. The number of rotatable bonds is 39. The van der Waals surface area contributed by atoms with Crippen LogP contribution in [0.25, 0.3) is 0 Å². The minimum atomic E-state index is -1.49. The summed E-state index contributed by atoms with van der Waals surface area (Å²) in [5, 5.41) is 84.0. The van der Waals surface area contributed by atoms with E-state index in [1.165, 1.54) is 0 Å². The molecular weight excluding hydrogens is 963 g/mol. The summed E-state index contributed by atoms with van der Waals surface area (Å²) in [5.74, 6) is 1.61. The fourth-order valence-electron chi connectivity index (χ4n) is 7.81. The molecule has 0 aliphatic carbocycles. The van der Waals surface area contributed by atoms with Gasteiger partial charge in [-0.2, -0.15) is 35.3 Å². The zero-order valence-corrected chi connectivity index (χ0v) is 45.9. The predicted octanol–water partition coefficient (Wildman–Crippen LogP) is 2.41. The maximum absolute atomic E-state index is 13.4. The summed E-state index contributed by atoms with van der Waals surface area (Å²) < 4.78 is 15.0. The maximum Gasteiger partial charge on any atom is 0.225 e. The molecular formula is C47H87N9O11S3. The molecule has 0 radical (unpaired) electrons. The number of carbonyl (C=O) groups excluding carboxylic acids is 3. The lowest BCUT2D eigenvalue weighted by molar-refractivity contribution is -0.132. The van der Waals surface area contributed by atoms with Crippen LogP contribution < -0.4 is 16.0 Å². The van der Waals surface area contributed by atoms with Crippen LogP contribution in [0.2, 0.25) is 0 Å². The first kappa shape index (κ1) is 63.5. The van der Waals surface area contributed by atoms with E-state index >= 15 is 0 Å². The van der Waals surface area contributed by atoms with Crippen LogP contribution >= 0.6 is 35.3 Å². The van der Waals surface area contributed by atoms with E-state index in [4.69, 9.17) is 9.47 Å². The van der Waals surface area contributed by atoms with Gasteiger partial charge in [0.1, 0.15) is 22.5 Å². The molecule has 0 aromatic carbocycles. The second-order valence-electron chi connectivity index (χ2n) is 20.4. The SMILES string of the molecule is CCCSCCC(=O)NC(C)(COCc1cn(CCCSC(C)(C)CC(C(=O)NC(CO)(CO)CO)C(C)C)nn1)COCc1cn(CCCSC(C)(C)C(C(=O)NC(CO)(CO)CO)C(C)C)nn1. The Kier molecular flexibility index (Phi) is 28.3. The smallest absolute Gasteiger partial charge is 0.225 e. The molecule has 20 nitrogen and oxygen atoms in total. The molecule has 0 bridgehead atoms. The van der Waals surface area contributed by atoms with Gasteiger partial charge in [-0.1, -0.05) is 58.9 Å². The summed E-state index contributed by atoms with van der Waals surface area (Å²) in [4.78, 5) is 39.6. The molecule has 404 valence electrons. The lowest BCUT2D eigenvalue weighted by Crippen LogP contribution is -2.60. The zero-order valence-electron chi connectivity index (χ0n) is 43.4. The van der Waals surface area contributed by atoms with Crippen molar-refractivity contribution in [1.82, 2.24) is 45.9 Å². The van der Waals surface area contributed by atoms with Gasteiger partial charge in [0.05, 0.1) is 89.9 Å². The molecule has 3 amide bonds. The molecule has 2 aromatic rings. The number of ether oxygens (including phenoxy) is 2. The van der Waals surface area contributed by atoms with Crippen LogP contribution in [0.4, 0.5) is 0 Å². The Morgan fingerprint density at radius 3 is 1.57 bits per heavy atom. The van der Waals surface area contributed by atoms with Crippen LogP contribution in [0, 0.1) is 23.7 Å². The van der Waals surface area contributed by atoms with Gasteiger partial charge in [-0.3, -0.25) is 23.7 Å². The van der Waals surface area contributed by atoms with Crippen molar-refractivity contribution in [3.05, 3.63) is 23.8 Å². The molecule has 2 rings (SSSR count). The maximum atomic E-state index is 13.4. The summed E-state index contributed by atoms with van der Waals surface area (Å²) in [5.41, 5.74) is -2.55. The number of hydrogen-bond acceptors (Lipinski definition) is 18. The van der Waals surface area contributed by atoms with Crippen LogP contribution in [0.15, 0.2) is 12.4 Å². The van der Waals surface area contributed by atoms with E-state index in [0.717, 1.165) is 36.5 Å². The highest BCUT2D eigenvalue weighted by Gasteiger charge is 2.42. The molecule has 3 unspecified atom stereocenters. The molecule has 0 aliphatic rings. The topological polar surface area (TPSA) is 289 Å². The number of amides is 3. The number of nitrogens with one attached hydrogen (secondary N) is 3. The van der Waals surface area contributed by atoms with Crippen molar-refractivity contribution in [3.63, 3.8) is 0 Å². The highest BCUT2D eigenvalue weighted by Crippen LogP contribution is 2.38. The van der Waals surface area contributed by atoms with Crippen molar-refractivity contribution in [3.8, 4) is 0 Å². The number of aliphatic hydroxyl groups is 6. The van der Waals surface area contributed by atoms with Gasteiger partial charge in [0.25, 0.3) is 0 Å². The molecule has 23 heteroatoms. The van der Waals surface area contributed by atoms with Crippen molar-refractivity contribution < 1.29 is 54.5 Å². The van der Waals surface area contributed by atoms with Crippen LogP contribution in [0.5, 0.6) is 0 Å². The Bertz CT molecular complexity index is 1800. The van der Waals surface area contributed by atoms with Crippen LogP contribution in [-0.4, -0.2) is 180 Å². The average Bonchev–Trinajstić information content (AvgIpc) is 3.97. The van der Waals surface area contributed by atoms with E-state index in [2.05, 4.69) is 57.3 Å².